The van der Waals surface area contributed by atoms with Crippen LogP contribution in [0.25, 0.3) is 0 Å². The number of rotatable bonds is 5. The van der Waals surface area contributed by atoms with Crippen LogP contribution in [0.4, 0.5) is 10.7 Å². The van der Waals surface area contributed by atoms with Crippen molar-refractivity contribution in [2.75, 3.05) is 10.7 Å². The number of hydrazine groups is 1. The molecule has 0 spiro atoms. The van der Waals surface area contributed by atoms with Crippen LogP contribution in [0, 0.1) is 6.92 Å². The van der Waals surface area contributed by atoms with E-state index >= 15 is 0 Å². The van der Waals surface area contributed by atoms with Crippen LogP contribution in [-0.2, 0) is 0 Å². The Kier molecular flexibility index (Phi) is 5.50. The quantitative estimate of drug-likeness (QED) is 0.576. The Morgan fingerprint density at radius 1 is 1.00 bits per heavy atom. The van der Waals surface area contributed by atoms with Gasteiger partial charge in [-0.1, -0.05) is 29.8 Å². The van der Waals surface area contributed by atoms with Gasteiger partial charge in [0.15, 0.2) is 0 Å². The van der Waals surface area contributed by atoms with Gasteiger partial charge in [-0.05, 0) is 54.9 Å². The van der Waals surface area contributed by atoms with Gasteiger partial charge in [0.25, 0.3) is 11.8 Å². The lowest BCUT2D eigenvalue weighted by Gasteiger charge is -2.10. The molecule has 2 amide bonds. The Bertz CT molecular complexity index is 926. The highest BCUT2D eigenvalue weighted by molar-refractivity contribution is 7.10. The van der Waals surface area contributed by atoms with Crippen LogP contribution in [0.15, 0.2) is 54.6 Å². The molecule has 0 aliphatic heterocycles. The predicted molar refractivity (Wildman–Crippen MR) is 104 cm³/mol. The normalized spacial score (nSPS) is 10.2. The first-order chi connectivity index (χ1) is 12.5. The van der Waals surface area contributed by atoms with Gasteiger partial charge in [0.1, 0.15) is 5.00 Å². The fourth-order valence-electron chi connectivity index (χ4n) is 2.22. The molecule has 1 heterocycles. The molecule has 0 aliphatic rings. The maximum Gasteiger partial charge on any atom is 0.269 e. The number of hydrogen-bond donors (Lipinski definition) is 3. The molecule has 0 radical (unpaired) electrons. The van der Waals surface area contributed by atoms with Crippen LogP contribution < -0.4 is 16.2 Å². The molecule has 3 N–H and O–H groups in total. The molecule has 132 valence electrons. The molecule has 26 heavy (non-hydrogen) atoms. The van der Waals surface area contributed by atoms with E-state index in [2.05, 4.69) is 20.5 Å². The van der Waals surface area contributed by atoms with E-state index in [0.29, 0.717) is 32.5 Å². The van der Waals surface area contributed by atoms with E-state index in [1.54, 1.807) is 55.5 Å². The van der Waals surface area contributed by atoms with E-state index in [9.17, 15) is 9.59 Å². The minimum Gasteiger partial charge on any atom is -0.322 e. The van der Waals surface area contributed by atoms with E-state index in [-0.39, 0.29) is 11.8 Å². The van der Waals surface area contributed by atoms with Gasteiger partial charge in [-0.3, -0.25) is 20.4 Å². The SMILES string of the molecule is Cc1nsc(NNC(=O)c2ccccc2)c1C(=O)Nc1ccc(Cl)cc1. The maximum atomic E-state index is 12.6. The summed E-state index contributed by atoms with van der Waals surface area (Å²) in [6.07, 6.45) is 0. The number of carbonyl (C=O) groups excluding carboxylic acids is 2. The summed E-state index contributed by atoms with van der Waals surface area (Å²) in [6.45, 7) is 1.73. The highest BCUT2D eigenvalue weighted by Crippen LogP contribution is 2.25. The molecular weight excluding hydrogens is 372 g/mol. The number of anilines is 2. The number of aromatic nitrogens is 1. The molecule has 0 saturated heterocycles. The van der Waals surface area contributed by atoms with Crippen molar-refractivity contribution in [1.82, 2.24) is 9.80 Å². The maximum absolute atomic E-state index is 12.6. The predicted octanol–water partition coefficient (Wildman–Crippen LogP) is 4.11. The summed E-state index contributed by atoms with van der Waals surface area (Å²) in [5.41, 5.74) is 7.43. The summed E-state index contributed by atoms with van der Waals surface area (Å²) >= 11 is 6.95. The third-order valence-corrected chi connectivity index (χ3v) is 4.62. The summed E-state index contributed by atoms with van der Waals surface area (Å²) in [6, 6.07) is 15.6. The van der Waals surface area contributed by atoms with E-state index in [0.717, 1.165) is 11.5 Å². The van der Waals surface area contributed by atoms with Crippen LogP contribution in [-0.4, -0.2) is 16.2 Å². The Morgan fingerprint density at radius 3 is 2.38 bits per heavy atom. The van der Waals surface area contributed by atoms with Crippen molar-refractivity contribution in [3.63, 3.8) is 0 Å². The lowest BCUT2D eigenvalue weighted by molar-refractivity contribution is 0.0960. The van der Waals surface area contributed by atoms with Gasteiger partial charge in [0, 0.05) is 16.3 Å². The van der Waals surface area contributed by atoms with Crippen molar-refractivity contribution in [1.29, 1.82) is 0 Å². The summed E-state index contributed by atoms with van der Waals surface area (Å²) in [5, 5.41) is 3.83. The lowest BCUT2D eigenvalue weighted by atomic mass is 10.2. The molecule has 8 heteroatoms. The summed E-state index contributed by atoms with van der Waals surface area (Å²) in [4.78, 5) is 24.7. The van der Waals surface area contributed by atoms with Crippen LogP contribution in [0.1, 0.15) is 26.4 Å². The first kappa shape index (κ1) is 17.9. The lowest BCUT2D eigenvalue weighted by Crippen LogP contribution is -2.30. The average molecular weight is 387 g/mol. The molecule has 1 aromatic heterocycles. The highest BCUT2D eigenvalue weighted by atomic mass is 35.5. The number of nitrogens with zero attached hydrogens (tertiary/aromatic N) is 1. The topological polar surface area (TPSA) is 83.1 Å². The minimum atomic E-state index is -0.324. The number of aryl methyl sites for hydroxylation is 1. The third kappa shape index (κ3) is 4.19. The number of halogens is 1. The van der Waals surface area contributed by atoms with Crippen LogP contribution in [0.3, 0.4) is 0 Å². The molecule has 0 saturated carbocycles. The van der Waals surface area contributed by atoms with Crippen molar-refractivity contribution in [3.05, 3.63) is 76.4 Å². The van der Waals surface area contributed by atoms with Crippen molar-refractivity contribution in [2.45, 2.75) is 6.92 Å². The minimum absolute atomic E-state index is 0.305. The number of amides is 2. The van der Waals surface area contributed by atoms with Crippen molar-refractivity contribution >= 4 is 45.6 Å². The molecule has 2 aromatic carbocycles. The van der Waals surface area contributed by atoms with Gasteiger partial charge < -0.3 is 5.32 Å². The van der Waals surface area contributed by atoms with Gasteiger partial charge in [-0.15, -0.1) is 0 Å². The Hall–Kier alpha value is -2.90. The van der Waals surface area contributed by atoms with Crippen LogP contribution in [0.5, 0.6) is 0 Å². The van der Waals surface area contributed by atoms with Gasteiger partial charge in [0.05, 0.1) is 11.3 Å². The van der Waals surface area contributed by atoms with Crippen molar-refractivity contribution < 1.29 is 9.59 Å². The number of carbonyl (C=O) groups is 2. The van der Waals surface area contributed by atoms with E-state index in [1.807, 2.05) is 6.07 Å². The summed E-state index contributed by atoms with van der Waals surface area (Å²) in [7, 11) is 0. The average Bonchev–Trinajstić information content (AvgIpc) is 3.03. The van der Waals surface area contributed by atoms with Crippen LogP contribution >= 0.6 is 23.1 Å². The van der Waals surface area contributed by atoms with Crippen molar-refractivity contribution in [2.24, 2.45) is 0 Å². The molecule has 3 aromatic rings. The second kappa shape index (κ2) is 7.99. The van der Waals surface area contributed by atoms with Gasteiger partial charge in [-0.25, -0.2) is 0 Å². The van der Waals surface area contributed by atoms with Crippen LogP contribution in [0.2, 0.25) is 5.02 Å². The molecular formula is C18H15ClN4O2S. The zero-order valence-electron chi connectivity index (χ0n) is 13.7. The number of benzene rings is 2. The molecule has 0 unspecified atom stereocenters. The van der Waals surface area contributed by atoms with Gasteiger partial charge in [-0.2, -0.15) is 4.37 Å². The van der Waals surface area contributed by atoms with Gasteiger partial charge in [0.2, 0.25) is 0 Å². The molecule has 3 rings (SSSR count). The molecule has 0 atom stereocenters. The summed E-state index contributed by atoms with van der Waals surface area (Å²) in [5.74, 6) is -0.629. The van der Waals surface area contributed by atoms with E-state index in [4.69, 9.17) is 11.6 Å². The fourth-order valence-corrected chi connectivity index (χ4v) is 3.10. The highest BCUT2D eigenvalue weighted by Gasteiger charge is 2.19. The second-order valence-corrected chi connectivity index (χ2v) is 6.59. The molecule has 0 aliphatic carbocycles. The largest absolute Gasteiger partial charge is 0.322 e. The number of nitrogens with one attached hydrogen (secondary N) is 3. The fraction of sp³-hybridized carbons (Fsp3) is 0.0556. The zero-order chi connectivity index (χ0) is 18.5. The van der Waals surface area contributed by atoms with Gasteiger partial charge >= 0.3 is 0 Å². The zero-order valence-corrected chi connectivity index (χ0v) is 15.3. The Balaban J connectivity index is 1.71. The molecule has 0 fully saturated rings. The first-order valence-corrected chi connectivity index (χ1v) is 8.84. The second-order valence-electron chi connectivity index (χ2n) is 5.38. The third-order valence-electron chi connectivity index (χ3n) is 3.52. The Morgan fingerprint density at radius 2 is 1.69 bits per heavy atom. The monoisotopic (exact) mass is 386 g/mol. The van der Waals surface area contributed by atoms with E-state index < -0.39 is 0 Å². The van der Waals surface area contributed by atoms with Crippen molar-refractivity contribution in [3.8, 4) is 0 Å². The molecule has 0 bridgehead atoms. The first-order valence-electron chi connectivity index (χ1n) is 7.69. The Labute approximate surface area is 159 Å². The molecule has 6 nitrogen and oxygen atoms in total. The summed E-state index contributed by atoms with van der Waals surface area (Å²) < 4.78 is 4.19. The smallest absolute Gasteiger partial charge is 0.269 e. The number of hydrogen-bond acceptors (Lipinski definition) is 5. The van der Waals surface area contributed by atoms with E-state index in [1.165, 1.54) is 0 Å². The standard InChI is InChI=1S/C18H15ClN4O2S/c1-11-15(17(25)20-14-9-7-13(19)8-10-14)18(26-23-11)22-21-16(24)12-5-3-2-4-6-12/h2-10,22H,1H3,(H,20,25)(H,21,24).